The Morgan fingerprint density at radius 1 is 1.12 bits per heavy atom. The van der Waals surface area contributed by atoms with Crippen molar-refractivity contribution in [2.75, 3.05) is 33.2 Å². The molecule has 2 aromatic rings. The van der Waals surface area contributed by atoms with Gasteiger partial charge >= 0.3 is 0 Å². The Labute approximate surface area is 156 Å². The van der Waals surface area contributed by atoms with Gasteiger partial charge in [0.15, 0.2) is 11.5 Å². The molecule has 1 heterocycles. The van der Waals surface area contributed by atoms with Crippen molar-refractivity contribution in [2.45, 2.75) is 0 Å². The number of allylic oxidation sites excluding steroid dienone is 1. The Morgan fingerprint density at radius 3 is 2.58 bits per heavy atom. The molecule has 0 aliphatic carbocycles. The normalized spacial score (nSPS) is 13.3. The van der Waals surface area contributed by atoms with Gasteiger partial charge < -0.3 is 24.7 Å². The van der Waals surface area contributed by atoms with E-state index in [1.54, 1.807) is 36.4 Å². The van der Waals surface area contributed by atoms with Gasteiger partial charge in [-0.2, -0.15) is 0 Å². The maximum absolute atomic E-state index is 12.6. The van der Waals surface area contributed by atoms with Crippen LogP contribution in [-0.4, -0.2) is 33.2 Å². The Bertz CT molecular complexity index is 861. The number of carbonyl (C=O) groups excluding carboxylic acids is 1. The number of anilines is 1. The second-order valence-electron chi connectivity index (χ2n) is 5.53. The zero-order valence-electron chi connectivity index (χ0n) is 14.4. The van der Waals surface area contributed by atoms with E-state index in [4.69, 9.17) is 36.3 Å². The molecule has 0 aromatic heterocycles. The minimum absolute atomic E-state index is 0.0376. The van der Waals surface area contributed by atoms with Crippen LogP contribution in [0.3, 0.4) is 0 Å². The van der Waals surface area contributed by atoms with E-state index < -0.39 is 0 Å². The Balaban J connectivity index is 1.93. The number of methoxy groups -OCH3 is 2. The number of nitrogens with two attached hydrogens (primary N) is 1. The molecule has 0 saturated carbocycles. The lowest BCUT2D eigenvalue weighted by Gasteiger charge is -2.21. The quantitative estimate of drug-likeness (QED) is 0.489. The van der Waals surface area contributed by atoms with Crippen LogP contribution in [0.1, 0.15) is 15.9 Å². The molecule has 0 radical (unpaired) electrons. The molecule has 0 atom stereocenters. The monoisotopic (exact) mass is 375 g/mol. The van der Waals surface area contributed by atoms with Gasteiger partial charge in [-0.3, -0.25) is 4.79 Å². The molecule has 0 unspecified atom stereocenters. The molecule has 26 heavy (non-hydrogen) atoms. The summed E-state index contributed by atoms with van der Waals surface area (Å²) in [5.41, 5.74) is 7.25. The van der Waals surface area contributed by atoms with Crippen LogP contribution >= 0.6 is 11.6 Å². The molecule has 0 spiro atoms. The first-order valence-corrected chi connectivity index (χ1v) is 8.24. The maximum atomic E-state index is 12.6. The maximum Gasteiger partial charge on any atom is 0.204 e. The third kappa shape index (κ3) is 3.55. The second kappa shape index (κ2) is 7.58. The zero-order chi connectivity index (χ0) is 18.7. The molecule has 3 rings (SSSR count). The summed E-state index contributed by atoms with van der Waals surface area (Å²) in [4.78, 5) is 12.6. The number of carbonyl (C=O) groups is 1. The lowest BCUT2D eigenvalue weighted by atomic mass is 10.1. The standard InChI is InChI=1S/C19H18ClNO5/c1-23-15-10-12(3-4-14(15)21)18(22)13(20)7-11-8-16(24-2)19-17(9-11)25-5-6-26-19/h3-4,7-10H,5-6,21H2,1-2H3. The van der Waals surface area contributed by atoms with Crippen molar-refractivity contribution in [3.05, 3.63) is 46.5 Å². The number of ketones is 1. The summed E-state index contributed by atoms with van der Waals surface area (Å²) in [6, 6.07) is 8.23. The number of hydrogen-bond donors (Lipinski definition) is 1. The summed E-state index contributed by atoms with van der Waals surface area (Å²) in [5.74, 6) is 1.68. The molecule has 0 saturated heterocycles. The summed E-state index contributed by atoms with van der Waals surface area (Å²) in [7, 11) is 3.02. The first-order valence-electron chi connectivity index (χ1n) is 7.86. The predicted molar refractivity (Wildman–Crippen MR) is 99.6 cm³/mol. The Hall–Kier alpha value is -2.86. The summed E-state index contributed by atoms with van der Waals surface area (Å²) in [5, 5.41) is 0.0376. The van der Waals surface area contributed by atoms with Crippen LogP contribution in [0.4, 0.5) is 5.69 Å². The minimum Gasteiger partial charge on any atom is -0.495 e. The van der Waals surface area contributed by atoms with Crippen molar-refractivity contribution in [3.63, 3.8) is 0 Å². The third-order valence-electron chi connectivity index (χ3n) is 3.86. The van der Waals surface area contributed by atoms with Gasteiger partial charge in [-0.25, -0.2) is 0 Å². The first-order chi connectivity index (χ1) is 12.5. The van der Waals surface area contributed by atoms with Crippen LogP contribution in [0.5, 0.6) is 23.0 Å². The van der Waals surface area contributed by atoms with Crippen molar-refractivity contribution in [2.24, 2.45) is 0 Å². The number of ether oxygens (including phenoxy) is 4. The van der Waals surface area contributed by atoms with E-state index in [9.17, 15) is 4.79 Å². The number of Topliss-reactive ketones (excluding diaryl/α,β-unsaturated/α-hetero) is 1. The average Bonchev–Trinajstić information content (AvgIpc) is 2.67. The summed E-state index contributed by atoms with van der Waals surface area (Å²) in [6.45, 7) is 0.901. The van der Waals surface area contributed by atoms with Crippen LogP contribution in [0.2, 0.25) is 0 Å². The lowest BCUT2D eigenvalue weighted by molar-refractivity contribution is 0.104. The summed E-state index contributed by atoms with van der Waals surface area (Å²) < 4.78 is 21.6. The molecular formula is C19H18ClNO5. The number of fused-ring (bicyclic) bond motifs is 1. The fraction of sp³-hybridized carbons (Fsp3) is 0.211. The Kier molecular flexibility index (Phi) is 5.23. The van der Waals surface area contributed by atoms with Crippen molar-refractivity contribution in [1.29, 1.82) is 0 Å². The SMILES string of the molecule is COc1cc(C(=O)C(Cl)=Cc2cc(OC)c3c(c2)OCCO3)ccc1N. The topological polar surface area (TPSA) is 80.0 Å². The average molecular weight is 376 g/mol. The van der Waals surface area contributed by atoms with Crippen molar-refractivity contribution in [3.8, 4) is 23.0 Å². The number of hydrogen-bond acceptors (Lipinski definition) is 6. The van der Waals surface area contributed by atoms with E-state index in [0.717, 1.165) is 0 Å². The van der Waals surface area contributed by atoms with Crippen LogP contribution in [0.15, 0.2) is 35.4 Å². The van der Waals surface area contributed by atoms with Crippen molar-refractivity contribution >= 4 is 29.1 Å². The second-order valence-corrected chi connectivity index (χ2v) is 5.93. The Morgan fingerprint density at radius 2 is 1.85 bits per heavy atom. The zero-order valence-corrected chi connectivity index (χ0v) is 15.1. The highest BCUT2D eigenvalue weighted by atomic mass is 35.5. The van der Waals surface area contributed by atoms with Gasteiger partial charge in [0.1, 0.15) is 19.0 Å². The van der Waals surface area contributed by atoms with Gasteiger partial charge in [0.05, 0.1) is 24.9 Å². The molecule has 0 fully saturated rings. The number of nitrogen functional groups attached to an aromatic ring is 1. The molecule has 1 aliphatic rings. The predicted octanol–water partition coefficient (Wildman–Crippen LogP) is 3.52. The minimum atomic E-state index is -0.348. The molecule has 2 N–H and O–H groups in total. The van der Waals surface area contributed by atoms with Gasteiger partial charge in [0.2, 0.25) is 11.5 Å². The summed E-state index contributed by atoms with van der Waals surface area (Å²) >= 11 is 6.24. The van der Waals surface area contributed by atoms with E-state index in [1.807, 2.05) is 0 Å². The fourth-order valence-corrected chi connectivity index (χ4v) is 2.81. The van der Waals surface area contributed by atoms with E-state index in [1.165, 1.54) is 14.2 Å². The van der Waals surface area contributed by atoms with Crippen molar-refractivity contribution in [1.82, 2.24) is 0 Å². The van der Waals surface area contributed by atoms with E-state index in [0.29, 0.717) is 53.0 Å². The third-order valence-corrected chi connectivity index (χ3v) is 4.14. The van der Waals surface area contributed by atoms with Crippen LogP contribution in [0, 0.1) is 0 Å². The highest BCUT2D eigenvalue weighted by Crippen LogP contribution is 2.41. The van der Waals surface area contributed by atoms with E-state index >= 15 is 0 Å². The molecule has 2 aromatic carbocycles. The van der Waals surface area contributed by atoms with Gasteiger partial charge in [-0.1, -0.05) is 11.6 Å². The molecule has 7 heteroatoms. The number of rotatable bonds is 5. The highest BCUT2D eigenvalue weighted by molar-refractivity contribution is 6.47. The molecular weight excluding hydrogens is 358 g/mol. The van der Waals surface area contributed by atoms with E-state index in [-0.39, 0.29) is 10.8 Å². The van der Waals surface area contributed by atoms with Gasteiger partial charge in [-0.05, 0) is 42.0 Å². The van der Waals surface area contributed by atoms with Crippen LogP contribution < -0.4 is 24.7 Å². The molecule has 6 nitrogen and oxygen atoms in total. The van der Waals surface area contributed by atoms with Crippen molar-refractivity contribution < 1.29 is 23.7 Å². The highest BCUT2D eigenvalue weighted by Gasteiger charge is 2.19. The van der Waals surface area contributed by atoms with Crippen LogP contribution in [-0.2, 0) is 0 Å². The largest absolute Gasteiger partial charge is 0.495 e. The van der Waals surface area contributed by atoms with Gasteiger partial charge in [0.25, 0.3) is 0 Å². The van der Waals surface area contributed by atoms with Gasteiger partial charge in [0, 0.05) is 5.56 Å². The molecule has 0 bridgehead atoms. The molecule has 136 valence electrons. The molecule has 0 amide bonds. The smallest absolute Gasteiger partial charge is 0.204 e. The van der Waals surface area contributed by atoms with Crippen LogP contribution in [0.25, 0.3) is 6.08 Å². The first kappa shape index (κ1) is 17.9. The fourth-order valence-electron chi connectivity index (χ4n) is 2.58. The van der Waals surface area contributed by atoms with Gasteiger partial charge in [-0.15, -0.1) is 0 Å². The molecule has 1 aliphatic heterocycles. The number of halogens is 1. The lowest BCUT2D eigenvalue weighted by Crippen LogP contribution is -2.16. The number of benzene rings is 2. The van der Waals surface area contributed by atoms with E-state index in [2.05, 4.69) is 0 Å². The summed E-state index contributed by atoms with van der Waals surface area (Å²) in [6.07, 6.45) is 1.55.